The Kier molecular flexibility index (Phi) is 4.21. The molecule has 0 bridgehead atoms. The number of aldehydes is 1. The molecule has 0 aromatic heterocycles. The summed E-state index contributed by atoms with van der Waals surface area (Å²) < 4.78 is 2.29. The van der Waals surface area contributed by atoms with E-state index in [2.05, 4.69) is 44.6 Å². The number of hydrogen-bond acceptors (Lipinski definition) is 1. The van der Waals surface area contributed by atoms with Crippen molar-refractivity contribution >= 4 is 44.8 Å². The normalized spacial score (nSPS) is 9.83. The van der Waals surface area contributed by atoms with Crippen LogP contribution in [-0.2, 0) is 11.2 Å². The van der Waals surface area contributed by atoms with Gasteiger partial charge in [-0.05, 0) is 52.8 Å². The van der Waals surface area contributed by atoms with Crippen molar-refractivity contribution in [2.45, 2.75) is 12.8 Å². The predicted octanol–water partition coefficient (Wildman–Crippen LogP) is 3.19. The molecule has 1 aromatic rings. The van der Waals surface area contributed by atoms with Crippen molar-refractivity contribution in [2.24, 2.45) is 0 Å². The van der Waals surface area contributed by atoms with Crippen LogP contribution in [0.4, 0.5) is 0 Å². The Morgan fingerprint density at radius 1 is 1.50 bits per heavy atom. The molecule has 0 aliphatic heterocycles. The minimum Gasteiger partial charge on any atom is -0.303 e. The van der Waals surface area contributed by atoms with Gasteiger partial charge in [-0.1, -0.05) is 15.9 Å². The quantitative estimate of drug-likeness (QED) is 0.611. The lowest BCUT2D eigenvalue weighted by atomic mass is 10.1. The van der Waals surface area contributed by atoms with Crippen molar-refractivity contribution in [3.8, 4) is 0 Å². The molecule has 1 aromatic carbocycles. The number of carbonyl (C=O) groups is 1. The van der Waals surface area contributed by atoms with Gasteiger partial charge in [0.05, 0.1) is 0 Å². The first-order chi connectivity index (χ1) is 5.74. The van der Waals surface area contributed by atoms with Crippen LogP contribution in [0.2, 0.25) is 0 Å². The molecule has 1 rings (SSSR count). The molecule has 0 spiro atoms. The number of hydrogen-bond donors (Lipinski definition) is 0. The number of rotatable bonds is 3. The van der Waals surface area contributed by atoms with Crippen molar-refractivity contribution in [2.75, 3.05) is 0 Å². The lowest BCUT2D eigenvalue weighted by molar-refractivity contribution is -0.107. The molecule has 3 heteroatoms. The van der Waals surface area contributed by atoms with Gasteiger partial charge in [-0.3, -0.25) is 0 Å². The molecule has 1 nitrogen and oxygen atoms in total. The SMILES string of the molecule is O=CCCc1cc(I)ccc1Br. The minimum absolute atomic E-state index is 0.596. The molecule has 0 radical (unpaired) electrons. The third kappa shape index (κ3) is 2.86. The maximum Gasteiger partial charge on any atom is 0.120 e. The molecule has 0 aliphatic carbocycles. The monoisotopic (exact) mass is 338 g/mol. The molecule has 0 fully saturated rings. The smallest absolute Gasteiger partial charge is 0.120 e. The standard InChI is InChI=1S/C9H8BrIO/c10-9-4-3-8(11)6-7(9)2-1-5-12/h3-6H,1-2H2. The molecule has 0 atom stereocenters. The molecule has 0 saturated carbocycles. The number of benzene rings is 1. The van der Waals surface area contributed by atoms with E-state index in [9.17, 15) is 4.79 Å². The highest BCUT2D eigenvalue weighted by Crippen LogP contribution is 2.20. The van der Waals surface area contributed by atoms with E-state index in [-0.39, 0.29) is 0 Å². The molecule has 0 aliphatic rings. The van der Waals surface area contributed by atoms with Gasteiger partial charge in [-0.15, -0.1) is 0 Å². The zero-order valence-electron chi connectivity index (χ0n) is 6.39. The number of aryl methyl sites for hydroxylation is 1. The van der Waals surface area contributed by atoms with E-state index < -0.39 is 0 Å². The summed E-state index contributed by atoms with van der Waals surface area (Å²) in [4.78, 5) is 10.2. The summed E-state index contributed by atoms with van der Waals surface area (Å²) in [6.07, 6.45) is 2.37. The van der Waals surface area contributed by atoms with Gasteiger partial charge >= 0.3 is 0 Å². The van der Waals surface area contributed by atoms with Gasteiger partial charge in [0.1, 0.15) is 6.29 Å². The van der Waals surface area contributed by atoms with Gasteiger partial charge in [-0.25, -0.2) is 0 Å². The largest absolute Gasteiger partial charge is 0.303 e. The second-order valence-corrected chi connectivity index (χ2v) is 4.54. The van der Waals surface area contributed by atoms with Crippen molar-refractivity contribution in [1.82, 2.24) is 0 Å². The fourth-order valence-corrected chi connectivity index (χ4v) is 1.95. The van der Waals surface area contributed by atoms with Crippen LogP contribution in [0.25, 0.3) is 0 Å². The summed E-state index contributed by atoms with van der Waals surface area (Å²) >= 11 is 5.71. The van der Waals surface area contributed by atoms with E-state index in [1.54, 1.807) is 0 Å². The van der Waals surface area contributed by atoms with Crippen LogP contribution in [0.3, 0.4) is 0 Å². The van der Waals surface area contributed by atoms with Gasteiger partial charge in [0.15, 0.2) is 0 Å². The zero-order valence-corrected chi connectivity index (χ0v) is 10.1. The summed E-state index contributed by atoms with van der Waals surface area (Å²) in [7, 11) is 0. The lowest BCUT2D eigenvalue weighted by Gasteiger charge is -2.01. The van der Waals surface area contributed by atoms with E-state index in [4.69, 9.17) is 0 Å². The lowest BCUT2D eigenvalue weighted by Crippen LogP contribution is -1.88. The molecule has 64 valence electrons. The van der Waals surface area contributed by atoms with E-state index >= 15 is 0 Å². The summed E-state index contributed by atoms with van der Waals surface area (Å²) in [6, 6.07) is 6.14. The Morgan fingerprint density at radius 3 is 2.92 bits per heavy atom. The average Bonchev–Trinajstić information content (AvgIpc) is 2.07. The van der Waals surface area contributed by atoms with Gasteiger partial charge in [0.25, 0.3) is 0 Å². The first kappa shape index (κ1) is 10.2. The molecular formula is C9H8BrIO. The molecular weight excluding hydrogens is 331 g/mol. The third-order valence-corrected chi connectivity index (χ3v) is 2.98. The predicted molar refractivity (Wildman–Crippen MR) is 61.2 cm³/mol. The third-order valence-electron chi connectivity index (χ3n) is 1.54. The molecule has 0 N–H and O–H groups in total. The van der Waals surface area contributed by atoms with Gasteiger partial charge in [0.2, 0.25) is 0 Å². The fourth-order valence-electron chi connectivity index (χ4n) is 0.949. The number of carbonyl (C=O) groups excluding carboxylic acids is 1. The van der Waals surface area contributed by atoms with Crippen LogP contribution < -0.4 is 0 Å². The Labute approximate surface area is 93.8 Å². The Morgan fingerprint density at radius 2 is 2.25 bits per heavy atom. The van der Waals surface area contributed by atoms with Crippen molar-refractivity contribution in [3.05, 3.63) is 31.8 Å². The Bertz CT molecular complexity index is 286. The first-order valence-electron chi connectivity index (χ1n) is 3.61. The maximum absolute atomic E-state index is 10.2. The molecule has 0 unspecified atom stereocenters. The summed E-state index contributed by atoms with van der Waals surface area (Å²) in [5.74, 6) is 0. The zero-order chi connectivity index (χ0) is 8.97. The van der Waals surface area contributed by atoms with Gasteiger partial charge in [-0.2, -0.15) is 0 Å². The molecule has 0 saturated heterocycles. The van der Waals surface area contributed by atoms with Gasteiger partial charge < -0.3 is 4.79 Å². The van der Waals surface area contributed by atoms with Gasteiger partial charge in [0, 0.05) is 14.5 Å². The summed E-state index contributed by atoms with van der Waals surface area (Å²) in [5, 5.41) is 0. The maximum atomic E-state index is 10.2. The van der Waals surface area contributed by atoms with E-state index in [0.29, 0.717) is 6.42 Å². The van der Waals surface area contributed by atoms with Crippen LogP contribution in [0.15, 0.2) is 22.7 Å². The highest BCUT2D eigenvalue weighted by atomic mass is 127. The van der Waals surface area contributed by atoms with Crippen LogP contribution >= 0.6 is 38.5 Å². The van der Waals surface area contributed by atoms with Crippen LogP contribution in [-0.4, -0.2) is 6.29 Å². The first-order valence-corrected chi connectivity index (χ1v) is 5.49. The van der Waals surface area contributed by atoms with Crippen molar-refractivity contribution in [3.63, 3.8) is 0 Å². The Hall–Kier alpha value is 0.1000. The highest BCUT2D eigenvalue weighted by molar-refractivity contribution is 14.1. The van der Waals surface area contributed by atoms with Crippen LogP contribution in [0.1, 0.15) is 12.0 Å². The number of halogens is 2. The highest BCUT2D eigenvalue weighted by Gasteiger charge is 1.99. The summed E-state index contributed by atoms with van der Waals surface area (Å²) in [5.41, 5.74) is 1.20. The van der Waals surface area contributed by atoms with Crippen molar-refractivity contribution in [1.29, 1.82) is 0 Å². The van der Waals surface area contributed by atoms with Crippen LogP contribution in [0.5, 0.6) is 0 Å². The van der Waals surface area contributed by atoms with E-state index in [1.807, 2.05) is 12.1 Å². The van der Waals surface area contributed by atoms with E-state index in [1.165, 1.54) is 9.13 Å². The topological polar surface area (TPSA) is 17.1 Å². The molecule has 12 heavy (non-hydrogen) atoms. The molecule has 0 amide bonds. The summed E-state index contributed by atoms with van der Waals surface area (Å²) in [6.45, 7) is 0. The second-order valence-electron chi connectivity index (χ2n) is 2.44. The second kappa shape index (κ2) is 4.97. The van der Waals surface area contributed by atoms with Crippen LogP contribution in [0, 0.1) is 3.57 Å². The Balaban J connectivity index is 2.82. The fraction of sp³-hybridized carbons (Fsp3) is 0.222. The molecule has 0 heterocycles. The van der Waals surface area contributed by atoms with Crippen molar-refractivity contribution < 1.29 is 4.79 Å². The average molecular weight is 339 g/mol. The minimum atomic E-state index is 0.596. The van der Waals surface area contributed by atoms with E-state index in [0.717, 1.165) is 17.2 Å².